The molecule has 42 heavy (non-hydrogen) atoms. The highest BCUT2D eigenvalue weighted by Gasteiger charge is 2.18. The number of phenols is 1. The minimum atomic E-state index is -0.579. The van der Waals surface area contributed by atoms with Crippen LogP contribution >= 0.6 is 23.4 Å². The van der Waals surface area contributed by atoms with Crippen molar-refractivity contribution in [1.82, 2.24) is 5.32 Å². The van der Waals surface area contributed by atoms with Crippen LogP contribution in [0.2, 0.25) is 5.02 Å². The van der Waals surface area contributed by atoms with Gasteiger partial charge in [-0.3, -0.25) is 14.4 Å². The van der Waals surface area contributed by atoms with Crippen LogP contribution in [0.3, 0.4) is 0 Å². The summed E-state index contributed by atoms with van der Waals surface area (Å²) >= 11 is 7.24. The molecule has 0 aliphatic heterocycles. The van der Waals surface area contributed by atoms with Crippen LogP contribution in [0.25, 0.3) is 6.08 Å². The minimum Gasteiger partial charge on any atom is -0.508 e. The van der Waals surface area contributed by atoms with Crippen LogP contribution in [-0.4, -0.2) is 35.2 Å². The molecule has 0 saturated heterocycles. The van der Waals surface area contributed by atoms with Gasteiger partial charge in [0.05, 0.1) is 12.4 Å². The Labute approximate surface area is 252 Å². The number of amides is 3. The highest BCUT2D eigenvalue weighted by atomic mass is 35.5. The highest BCUT2D eigenvalue weighted by Crippen LogP contribution is 2.28. The van der Waals surface area contributed by atoms with E-state index < -0.39 is 17.1 Å². The van der Waals surface area contributed by atoms with E-state index in [0.717, 1.165) is 4.90 Å². The molecule has 0 aliphatic rings. The second kappa shape index (κ2) is 14.2. The van der Waals surface area contributed by atoms with E-state index in [-0.39, 0.29) is 17.4 Å². The van der Waals surface area contributed by atoms with Gasteiger partial charge in [-0.2, -0.15) is 0 Å². The predicted molar refractivity (Wildman–Crippen MR) is 167 cm³/mol. The number of aromatic hydroxyl groups is 1. The van der Waals surface area contributed by atoms with Crippen molar-refractivity contribution in [3.05, 3.63) is 119 Å². The van der Waals surface area contributed by atoms with Gasteiger partial charge in [0.2, 0.25) is 5.91 Å². The lowest BCUT2D eigenvalue weighted by Crippen LogP contribution is -2.30. The smallest absolute Gasteiger partial charge is 0.272 e. The SMILES string of the molecule is COc1cc(O)ccc1/C=C(/NC(=O)c1ccccc1)C(=O)Nc1cccc(SC(C)C(=O)Nc2ccc(Cl)cc2)c1. The molecule has 4 aromatic carbocycles. The van der Waals surface area contributed by atoms with Gasteiger partial charge < -0.3 is 25.8 Å². The maximum Gasteiger partial charge on any atom is 0.272 e. The van der Waals surface area contributed by atoms with E-state index in [1.807, 2.05) is 6.07 Å². The number of methoxy groups -OCH3 is 1. The predicted octanol–water partition coefficient (Wildman–Crippen LogP) is 6.58. The van der Waals surface area contributed by atoms with Gasteiger partial charge in [0.25, 0.3) is 11.8 Å². The molecule has 0 heterocycles. The van der Waals surface area contributed by atoms with Gasteiger partial charge in [-0.15, -0.1) is 11.8 Å². The van der Waals surface area contributed by atoms with E-state index in [9.17, 15) is 19.5 Å². The van der Waals surface area contributed by atoms with Crippen molar-refractivity contribution in [1.29, 1.82) is 0 Å². The van der Waals surface area contributed by atoms with Gasteiger partial charge in [-0.25, -0.2) is 0 Å². The topological polar surface area (TPSA) is 117 Å². The Kier molecular flexibility index (Phi) is 10.3. The molecule has 214 valence electrons. The molecule has 10 heteroatoms. The van der Waals surface area contributed by atoms with E-state index in [4.69, 9.17) is 16.3 Å². The molecule has 0 radical (unpaired) electrons. The molecule has 0 saturated carbocycles. The number of hydrogen-bond acceptors (Lipinski definition) is 6. The molecular formula is C32H28ClN3O5S. The third-order valence-electron chi connectivity index (χ3n) is 5.93. The van der Waals surface area contributed by atoms with Crippen molar-refractivity contribution in [3.8, 4) is 11.5 Å². The number of halogens is 1. The van der Waals surface area contributed by atoms with Gasteiger partial charge in [-0.05, 0) is 79.7 Å². The molecule has 4 N–H and O–H groups in total. The van der Waals surface area contributed by atoms with Crippen molar-refractivity contribution in [2.24, 2.45) is 0 Å². The van der Waals surface area contributed by atoms with Crippen molar-refractivity contribution in [2.75, 3.05) is 17.7 Å². The summed E-state index contributed by atoms with van der Waals surface area (Å²) < 4.78 is 5.34. The van der Waals surface area contributed by atoms with Gasteiger partial charge in [0, 0.05) is 38.5 Å². The Morgan fingerprint density at radius 2 is 1.62 bits per heavy atom. The van der Waals surface area contributed by atoms with Crippen LogP contribution < -0.4 is 20.7 Å². The van der Waals surface area contributed by atoms with Crippen LogP contribution in [-0.2, 0) is 9.59 Å². The Hall–Kier alpha value is -4.73. The summed E-state index contributed by atoms with van der Waals surface area (Å²) in [6, 6.07) is 26.8. The number of ether oxygens (including phenoxy) is 1. The third kappa shape index (κ3) is 8.39. The van der Waals surface area contributed by atoms with Crippen LogP contribution in [0.4, 0.5) is 11.4 Å². The number of carbonyl (C=O) groups is 3. The molecule has 0 aromatic heterocycles. The van der Waals surface area contributed by atoms with Gasteiger partial charge in [0.15, 0.2) is 0 Å². The number of nitrogens with one attached hydrogen (secondary N) is 3. The van der Waals surface area contributed by atoms with Crippen LogP contribution in [0, 0.1) is 0 Å². The van der Waals surface area contributed by atoms with Gasteiger partial charge in [0.1, 0.15) is 17.2 Å². The lowest BCUT2D eigenvalue weighted by Gasteiger charge is -2.14. The zero-order valence-electron chi connectivity index (χ0n) is 22.8. The Morgan fingerprint density at radius 1 is 0.881 bits per heavy atom. The number of carbonyl (C=O) groups excluding carboxylic acids is 3. The van der Waals surface area contributed by atoms with E-state index in [0.29, 0.717) is 33.3 Å². The maximum atomic E-state index is 13.5. The number of benzene rings is 4. The average Bonchev–Trinajstić information content (AvgIpc) is 2.99. The Balaban J connectivity index is 1.51. The van der Waals surface area contributed by atoms with E-state index in [2.05, 4.69) is 16.0 Å². The van der Waals surface area contributed by atoms with Gasteiger partial charge >= 0.3 is 0 Å². The van der Waals surface area contributed by atoms with Crippen molar-refractivity contribution in [2.45, 2.75) is 17.1 Å². The quantitative estimate of drug-likeness (QED) is 0.120. The number of rotatable bonds is 10. The van der Waals surface area contributed by atoms with Crippen LogP contribution in [0.1, 0.15) is 22.8 Å². The largest absolute Gasteiger partial charge is 0.508 e. The fraction of sp³-hybridized carbons (Fsp3) is 0.0938. The fourth-order valence-electron chi connectivity index (χ4n) is 3.80. The first-order valence-corrected chi connectivity index (χ1v) is 14.1. The first-order chi connectivity index (χ1) is 20.2. The standard InChI is InChI=1S/C32H28ClN3O5S/c1-20(30(38)34-24-14-12-23(33)13-15-24)42-27-10-6-9-25(18-27)35-32(40)28(36-31(39)21-7-4-3-5-8-21)17-22-11-16-26(37)19-29(22)41-2/h3-20,37H,1-2H3,(H,34,38)(H,35,40)(H,36,39)/b28-17+. The minimum absolute atomic E-state index is 0.00582. The molecular weight excluding hydrogens is 574 g/mol. The number of phenolic OH excluding ortho intramolecular Hbond substituents is 1. The lowest BCUT2D eigenvalue weighted by atomic mass is 10.1. The molecule has 4 aromatic rings. The van der Waals surface area contributed by atoms with Gasteiger partial charge in [-0.1, -0.05) is 35.9 Å². The maximum absolute atomic E-state index is 13.5. The lowest BCUT2D eigenvalue weighted by molar-refractivity contribution is -0.115. The summed E-state index contributed by atoms with van der Waals surface area (Å²) in [5, 5.41) is 18.3. The number of anilines is 2. The van der Waals surface area contributed by atoms with E-state index in [1.54, 1.807) is 85.8 Å². The first kappa shape index (κ1) is 30.2. The molecule has 4 rings (SSSR count). The molecule has 3 amide bonds. The molecule has 1 unspecified atom stereocenters. The Morgan fingerprint density at radius 3 is 2.33 bits per heavy atom. The Bertz CT molecular complexity index is 1610. The second-order valence-corrected chi connectivity index (χ2v) is 10.9. The molecule has 0 fully saturated rings. The van der Waals surface area contributed by atoms with E-state index >= 15 is 0 Å². The van der Waals surface area contributed by atoms with Crippen LogP contribution in [0.5, 0.6) is 11.5 Å². The van der Waals surface area contributed by atoms with Crippen LogP contribution in [0.15, 0.2) is 108 Å². The summed E-state index contributed by atoms with van der Waals surface area (Å²) in [6.07, 6.45) is 1.47. The molecule has 0 spiro atoms. The molecule has 8 nitrogen and oxygen atoms in total. The summed E-state index contributed by atoms with van der Waals surface area (Å²) in [7, 11) is 1.44. The summed E-state index contributed by atoms with van der Waals surface area (Å²) in [5.74, 6) is -0.926. The monoisotopic (exact) mass is 601 g/mol. The highest BCUT2D eigenvalue weighted by molar-refractivity contribution is 8.00. The fourth-order valence-corrected chi connectivity index (χ4v) is 4.85. The summed E-state index contributed by atoms with van der Waals surface area (Å²) in [4.78, 5) is 39.9. The average molecular weight is 602 g/mol. The van der Waals surface area contributed by atoms with Crippen molar-refractivity contribution < 1.29 is 24.2 Å². The summed E-state index contributed by atoms with van der Waals surface area (Å²) in [6.45, 7) is 1.78. The first-order valence-electron chi connectivity index (χ1n) is 12.8. The molecule has 1 atom stereocenters. The normalized spacial score (nSPS) is 11.7. The zero-order valence-corrected chi connectivity index (χ0v) is 24.3. The van der Waals surface area contributed by atoms with E-state index in [1.165, 1.54) is 37.1 Å². The number of hydrogen-bond donors (Lipinski definition) is 4. The molecule has 0 aliphatic carbocycles. The van der Waals surface area contributed by atoms with Crippen molar-refractivity contribution >= 4 is 58.5 Å². The molecule has 0 bridgehead atoms. The second-order valence-electron chi connectivity index (χ2n) is 9.04. The van der Waals surface area contributed by atoms with Crippen molar-refractivity contribution in [3.63, 3.8) is 0 Å². The zero-order chi connectivity index (χ0) is 30.1. The third-order valence-corrected chi connectivity index (χ3v) is 7.28. The number of thioether (sulfide) groups is 1. The summed E-state index contributed by atoms with van der Waals surface area (Å²) in [5.41, 5.74) is 1.91.